The molecule has 104 valence electrons. The van der Waals surface area contributed by atoms with Crippen molar-refractivity contribution in [1.82, 2.24) is 0 Å². The Morgan fingerprint density at radius 1 is 1.32 bits per heavy atom. The normalized spacial score (nSPS) is 12.2. The van der Waals surface area contributed by atoms with Crippen LogP contribution in [0.25, 0.3) is 0 Å². The van der Waals surface area contributed by atoms with Crippen molar-refractivity contribution in [3.05, 3.63) is 42.5 Å². The van der Waals surface area contributed by atoms with Gasteiger partial charge in [-0.1, -0.05) is 45.9 Å². The molecule has 0 bridgehead atoms. The van der Waals surface area contributed by atoms with E-state index in [-0.39, 0.29) is 5.91 Å². The van der Waals surface area contributed by atoms with Gasteiger partial charge in [0.15, 0.2) is 0 Å². The maximum Gasteiger partial charge on any atom is 0.247 e. The molecule has 0 saturated heterocycles. The van der Waals surface area contributed by atoms with Crippen molar-refractivity contribution < 1.29 is 4.79 Å². The van der Waals surface area contributed by atoms with Crippen LogP contribution in [0.15, 0.2) is 36.9 Å². The van der Waals surface area contributed by atoms with Gasteiger partial charge in [-0.05, 0) is 48.4 Å². The third-order valence-electron chi connectivity index (χ3n) is 3.23. The summed E-state index contributed by atoms with van der Waals surface area (Å²) in [5.41, 5.74) is 2.19. The Balaban J connectivity index is 2.76. The lowest BCUT2D eigenvalue weighted by molar-refractivity contribution is -0.111. The van der Waals surface area contributed by atoms with Gasteiger partial charge in [0.1, 0.15) is 0 Å². The molecule has 1 atom stereocenters. The second-order valence-electron chi connectivity index (χ2n) is 5.43. The van der Waals surface area contributed by atoms with Gasteiger partial charge in [-0.3, -0.25) is 4.79 Å². The summed E-state index contributed by atoms with van der Waals surface area (Å²) >= 11 is 0. The standard InChI is InChI=1S/C17H25NO/c1-5-7-15(12-13(3)4)14-8-10-16(11-9-14)18-17(19)6-2/h6,8-11,13,15H,2,5,7,12H2,1,3-4H3,(H,18,19). The monoisotopic (exact) mass is 259 g/mol. The van der Waals surface area contributed by atoms with E-state index in [2.05, 4.69) is 44.8 Å². The van der Waals surface area contributed by atoms with Crippen LogP contribution in [-0.2, 0) is 4.79 Å². The van der Waals surface area contributed by atoms with Crippen molar-refractivity contribution >= 4 is 11.6 Å². The van der Waals surface area contributed by atoms with Crippen molar-refractivity contribution in [2.45, 2.75) is 46.0 Å². The fourth-order valence-electron chi connectivity index (χ4n) is 2.37. The zero-order chi connectivity index (χ0) is 14.3. The number of rotatable bonds is 7. The van der Waals surface area contributed by atoms with Crippen LogP contribution in [0.5, 0.6) is 0 Å². The molecule has 0 aliphatic heterocycles. The van der Waals surface area contributed by atoms with Gasteiger partial charge in [-0.25, -0.2) is 0 Å². The van der Waals surface area contributed by atoms with E-state index in [1.54, 1.807) is 0 Å². The molecule has 2 nitrogen and oxygen atoms in total. The number of hydrogen-bond acceptors (Lipinski definition) is 1. The quantitative estimate of drug-likeness (QED) is 0.704. The van der Waals surface area contributed by atoms with Gasteiger partial charge in [0.25, 0.3) is 0 Å². The lowest BCUT2D eigenvalue weighted by atomic mass is 9.87. The molecule has 0 saturated carbocycles. The molecule has 1 amide bonds. The molecule has 1 N–H and O–H groups in total. The molecule has 1 unspecified atom stereocenters. The first-order valence-electron chi connectivity index (χ1n) is 7.10. The number of hydrogen-bond donors (Lipinski definition) is 1. The van der Waals surface area contributed by atoms with E-state index in [0.29, 0.717) is 11.8 Å². The van der Waals surface area contributed by atoms with Crippen LogP contribution in [-0.4, -0.2) is 5.91 Å². The average molecular weight is 259 g/mol. The Bertz CT molecular complexity index is 406. The molecule has 1 aromatic carbocycles. The van der Waals surface area contributed by atoms with Gasteiger partial charge < -0.3 is 5.32 Å². The summed E-state index contributed by atoms with van der Waals surface area (Å²) < 4.78 is 0. The summed E-state index contributed by atoms with van der Waals surface area (Å²) in [6, 6.07) is 8.20. The van der Waals surface area contributed by atoms with Crippen molar-refractivity contribution in [3.8, 4) is 0 Å². The molecule has 1 rings (SSSR count). The summed E-state index contributed by atoms with van der Waals surface area (Å²) in [4.78, 5) is 11.2. The molecule has 19 heavy (non-hydrogen) atoms. The van der Waals surface area contributed by atoms with E-state index in [1.165, 1.54) is 30.9 Å². The highest BCUT2D eigenvalue weighted by Crippen LogP contribution is 2.29. The largest absolute Gasteiger partial charge is 0.323 e. The Hall–Kier alpha value is -1.57. The predicted octanol–water partition coefficient (Wildman–Crippen LogP) is 4.74. The maximum absolute atomic E-state index is 11.2. The predicted molar refractivity (Wildman–Crippen MR) is 82.4 cm³/mol. The minimum absolute atomic E-state index is 0.167. The third kappa shape index (κ3) is 5.29. The first-order valence-corrected chi connectivity index (χ1v) is 7.10. The number of carbonyl (C=O) groups is 1. The summed E-state index contributed by atoms with van der Waals surface area (Å²) in [5, 5.41) is 2.77. The van der Waals surface area contributed by atoms with Gasteiger partial charge >= 0.3 is 0 Å². The molecule has 1 aromatic rings. The van der Waals surface area contributed by atoms with Crippen LogP contribution in [0.4, 0.5) is 5.69 Å². The summed E-state index contributed by atoms with van der Waals surface area (Å²) in [5.74, 6) is 1.16. The summed E-state index contributed by atoms with van der Waals surface area (Å²) in [6.45, 7) is 10.2. The lowest BCUT2D eigenvalue weighted by Gasteiger charge is -2.19. The second-order valence-corrected chi connectivity index (χ2v) is 5.43. The van der Waals surface area contributed by atoms with Crippen LogP contribution in [0.3, 0.4) is 0 Å². The molecule has 0 heterocycles. The SMILES string of the molecule is C=CC(=O)Nc1ccc(C(CCC)CC(C)C)cc1. The molecule has 0 spiro atoms. The van der Waals surface area contributed by atoms with Gasteiger partial charge in [-0.2, -0.15) is 0 Å². The topological polar surface area (TPSA) is 29.1 Å². The van der Waals surface area contributed by atoms with Crippen molar-refractivity contribution in [2.75, 3.05) is 5.32 Å². The first-order chi connectivity index (χ1) is 9.06. The van der Waals surface area contributed by atoms with Crippen LogP contribution in [0.1, 0.15) is 51.5 Å². The lowest BCUT2D eigenvalue weighted by Crippen LogP contribution is -2.08. The van der Waals surface area contributed by atoms with Crippen molar-refractivity contribution in [1.29, 1.82) is 0 Å². The molecular weight excluding hydrogens is 234 g/mol. The highest BCUT2D eigenvalue weighted by atomic mass is 16.1. The van der Waals surface area contributed by atoms with Gasteiger partial charge in [0, 0.05) is 5.69 Å². The van der Waals surface area contributed by atoms with E-state index in [4.69, 9.17) is 0 Å². The molecule has 2 heteroatoms. The van der Waals surface area contributed by atoms with Crippen LogP contribution in [0.2, 0.25) is 0 Å². The number of benzene rings is 1. The fraction of sp³-hybridized carbons (Fsp3) is 0.471. The molecule has 0 aromatic heterocycles. The Morgan fingerprint density at radius 2 is 1.95 bits per heavy atom. The Kier molecular flexibility index (Phi) is 6.34. The van der Waals surface area contributed by atoms with E-state index in [0.717, 1.165) is 5.69 Å². The Labute approximate surface area is 116 Å². The number of amides is 1. The molecule has 0 aliphatic rings. The number of nitrogens with one attached hydrogen (secondary N) is 1. The van der Waals surface area contributed by atoms with Gasteiger partial charge in [-0.15, -0.1) is 0 Å². The van der Waals surface area contributed by atoms with Crippen LogP contribution in [0, 0.1) is 5.92 Å². The minimum atomic E-state index is -0.167. The number of anilines is 1. The average Bonchev–Trinajstić information content (AvgIpc) is 2.38. The van der Waals surface area contributed by atoms with E-state index < -0.39 is 0 Å². The van der Waals surface area contributed by atoms with Gasteiger partial charge in [0.2, 0.25) is 5.91 Å². The first kappa shape index (κ1) is 15.5. The zero-order valence-corrected chi connectivity index (χ0v) is 12.3. The third-order valence-corrected chi connectivity index (χ3v) is 3.23. The maximum atomic E-state index is 11.2. The second kappa shape index (κ2) is 7.78. The van der Waals surface area contributed by atoms with E-state index >= 15 is 0 Å². The molecule has 0 radical (unpaired) electrons. The van der Waals surface area contributed by atoms with Gasteiger partial charge in [0.05, 0.1) is 0 Å². The van der Waals surface area contributed by atoms with E-state index in [9.17, 15) is 4.79 Å². The van der Waals surface area contributed by atoms with Crippen LogP contribution < -0.4 is 5.32 Å². The highest BCUT2D eigenvalue weighted by Gasteiger charge is 2.12. The molecule has 0 fully saturated rings. The Morgan fingerprint density at radius 3 is 2.42 bits per heavy atom. The van der Waals surface area contributed by atoms with E-state index in [1.807, 2.05) is 12.1 Å². The minimum Gasteiger partial charge on any atom is -0.323 e. The number of carbonyl (C=O) groups excluding carboxylic acids is 1. The molecular formula is C17H25NO. The highest BCUT2D eigenvalue weighted by molar-refractivity contribution is 5.98. The molecule has 0 aliphatic carbocycles. The fourth-order valence-corrected chi connectivity index (χ4v) is 2.37. The zero-order valence-electron chi connectivity index (χ0n) is 12.3. The van der Waals surface area contributed by atoms with Crippen molar-refractivity contribution in [2.24, 2.45) is 5.92 Å². The summed E-state index contributed by atoms with van der Waals surface area (Å²) in [7, 11) is 0. The van der Waals surface area contributed by atoms with Crippen LogP contribution >= 0.6 is 0 Å². The smallest absolute Gasteiger partial charge is 0.247 e. The van der Waals surface area contributed by atoms with Crippen molar-refractivity contribution in [3.63, 3.8) is 0 Å². The summed E-state index contributed by atoms with van der Waals surface area (Å²) in [6.07, 6.45) is 4.92.